The molecule has 1 aromatic heterocycles. The Morgan fingerprint density at radius 3 is 2.43 bits per heavy atom. The zero-order chi connectivity index (χ0) is 15.5. The molecule has 0 spiro atoms. The van der Waals surface area contributed by atoms with Gasteiger partial charge in [0.05, 0.1) is 6.54 Å². The lowest BCUT2D eigenvalue weighted by Crippen LogP contribution is -2.41. The summed E-state index contributed by atoms with van der Waals surface area (Å²) < 4.78 is 1.30. The van der Waals surface area contributed by atoms with Crippen LogP contribution in [0.1, 0.15) is 36.8 Å². The molecule has 0 saturated heterocycles. The molecule has 1 heterocycles. The molecular weight excluding hydrogens is 266 g/mol. The normalized spacial score (nSPS) is 11.2. The van der Waals surface area contributed by atoms with E-state index >= 15 is 0 Å². The molecule has 110 valence electrons. The molecular formula is C16H19N3O2. The van der Waals surface area contributed by atoms with Crippen LogP contribution in [-0.4, -0.2) is 21.2 Å². The van der Waals surface area contributed by atoms with Crippen molar-refractivity contribution in [2.45, 2.75) is 32.9 Å². The van der Waals surface area contributed by atoms with Gasteiger partial charge in [0.2, 0.25) is 0 Å². The van der Waals surface area contributed by atoms with E-state index in [1.807, 2.05) is 51.1 Å². The molecule has 0 atom stereocenters. The minimum absolute atomic E-state index is 0.230. The third-order valence-corrected chi connectivity index (χ3v) is 2.76. The Hall–Kier alpha value is -2.43. The van der Waals surface area contributed by atoms with Gasteiger partial charge in [-0.2, -0.15) is 5.10 Å². The summed E-state index contributed by atoms with van der Waals surface area (Å²) in [6.07, 6.45) is 0. The highest BCUT2D eigenvalue weighted by Gasteiger charge is 2.17. The summed E-state index contributed by atoms with van der Waals surface area (Å²) in [5.41, 5.74) is 0.617. The highest BCUT2D eigenvalue weighted by Crippen LogP contribution is 2.03. The molecule has 2 rings (SSSR count). The van der Waals surface area contributed by atoms with Gasteiger partial charge in [-0.1, -0.05) is 30.3 Å². The molecule has 2 aromatic rings. The first-order valence-electron chi connectivity index (χ1n) is 6.80. The standard InChI is InChI=1S/C16H19N3O2/c1-16(2,3)17-15(21)13-9-10-14(20)19(18-13)11-12-7-5-4-6-8-12/h4-10H,11H2,1-3H3,(H,17,21). The van der Waals surface area contributed by atoms with Gasteiger partial charge in [-0.3, -0.25) is 9.59 Å². The van der Waals surface area contributed by atoms with E-state index in [0.29, 0.717) is 6.54 Å². The van der Waals surface area contributed by atoms with Crippen LogP contribution in [0, 0.1) is 0 Å². The molecule has 0 aliphatic carbocycles. The maximum absolute atomic E-state index is 12.1. The number of hydrogen-bond acceptors (Lipinski definition) is 3. The summed E-state index contributed by atoms with van der Waals surface area (Å²) in [4.78, 5) is 23.9. The minimum atomic E-state index is -0.348. The minimum Gasteiger partial charge on any atom is -0.346 e. The molecule has 1 aromatic carbocycles. The molecule has 1 amide bonds. The van der Waals surface area contributed by atoms with Gasteiger partial charge in [0.15, 0.2) is 0 Å². The van der Waals surface area contributed by atoms with E-state index in [9.17, 15) is 9.59 Å². The van der Waals surface area contributed by atoms with Crippen molar-refractivity contribution in [3.05, 3.63) is 64.1 Å². The summed E-state index contributed by atoms with van der Waals surface area (Å²) in [5.74, 6) is -0.288. The second kappa shape index (κ2) is 5.91. The van der Waals surface area contributed by atoms with Crippen molar-refractivity contribution in [1.29, 1.82) is 0 Å². The Balaban J connectivity index is 2.25. The number of nitrogens with one attached hydrogen (secondary N) is 1. The van der Waals surface area contributed by atoms with Crippen LogP contribution >= 0.6 is 0 Å². The first-order chi connectivity index (χ1) is 9.85. The number of amides is 1. The largest absolute Gasteiger partial charge is 0.346 e. The van der Waals surface area contributed by atoms with Crippen LogP contribution in [0.5, 0.6) is 0 Å². The van der Waals surface area contributed by atoms with Crippen LogP contribution in [0.3, 0.4) is 0 Å². The van der Waals surface area contributed by atoms with Crippen molar-refractivity contribution in [3.63, 3.8) is 0 Å². The summed E-state index contributed by atoms with van der Waals surface area (Å²) in [7, 11) is 0. The van der Waals surface area contributed by atoms with E-state index in [-0.39, 0.29) is 22.7 Å². The van der Waals surface area contributed by atoms with E-state index < -0.39 is 0 Å². The number of rotatable bonds is 3. The van der Waals surface area contributed by atoms with E-state index in [1.54, 1.807) is 0 Å². The predicted molar refractivity (Wildman–Crippen MR) is 81.3 cm³/mol. The molecule has 0 bridgehead atoms. The zero-order valence-corrected chi connectivity index (χ0v) is 12.5. The lowest BCUT2D eigenvalue weighted by molar-refractivity contribution is 0.0912. The topological polar surface area (TPSA) is 64.0 Å². The third-order valence-electron chi connectivity index (χ3n) is 2.76. The Morgan fingerprint density at radius 2 is 1.81 bits per heavy atom. The van der Waals surface area contributed by atoms with Crippen LogP contribution in [0.15, 0.2) is 47.3 Å². The van der Waals surface area contributed by atoms with Gasteiger partial charge < -0.3 is 5.32 Å². The Labute approximate surface area is 123 Å². The monoisotopic (exact) mass is 285 g/mol. The van der Waals surface area contributed by atoms with Gasteiger partial charge in [0.25, 0.3) is 11.5 Å². The maximum atomic E-state index is 12.1. The smallest absolute Gasteiger partial charge is 0.272 e. The van der Waals surface area contributed by atoms with Crippen LogP contribution in [0.25, 0.3) is 0 Å². The summed E-state index contributed by atoms with van der Waals surface area (Å²) >= 11 is 0. The fourth-order valence-corrected chi connectivity index (χ4v) is 1.84. The lowest BCUT2D eigenvalue weighted by Gasteiger charge is -2.20. The molecule has 0 unspecified atom stereocenters. The summed E-state index contributed by atoms with van der Waals surface area (Å²) in [5, 5.41) is 6.97. The SMILES string of the molecule is CC(C)(C)NC(=O)c1ccc(=O)n(Cc2ccccc2)n1. The highest BCUT2D eigenvalue weighted by atomic mass is 16.2. The van der Waals surface area contributed by atoms with Gasteiger partial charge >= 0.3 is 0 Å². The molecule has 0 aliphatic heterocycles. The highest BCUT2D eigenvalue weighted by molar-refractivity contribution is 5.92. The number of aromatic nitrogens is 2. The summed E-state index contributed by atoms with van der Waals surface area (Å²) in [6, 6.07) is 12.4. The van der Waals surface area contributed by atoms with Gasteiger partial charge in [0, 0.05) is 11.6 Å². The maximum Gasteiger partial charge on any atom is 0.272 e. The van der Waals surface area contributed by atoms with Gasteiger partial charge in [-0.25, -0.2) is 4.68 Å². The van der Waals surface area contributed by atoms with Crippen molar-refractivity contribution >= 4 is 5.91 Å². The molecule has 0 saturated carbocycles. The Morgan fingerprint density at radius 1 is 1.14 bits per heavy atom. The van der Waals surface area contributed by atoms with Gasteiger partial charge in [-0.05, 0) is 32.4 Å². The Kier molecular flexibility index (Phi) is 4.21. The molecule has 5 heteroatoms. The van der Waals surface area contributed by atoms with Crippen LogP contribution in [0.2, 0.25) is 0 Å². The number of hydrogen-bond donors (Lipinski definition) is 1. The van der Waals surface area contributed by atoms with E-state index in [4.69, 9.17) is 0 Å². The van der Waals surface area contributed by atoms with E-state index in [0.717, 1.165) is 5.56 Å². The molecule has 21 heavy (non-hydrogen) atoms. The van der Waals surface area contributed by atoms with Crippen LogP contribution in [-0.2, 0) is 6.54 Å². The first-order valence-corrected chi connectivity index (χ1v) is 6.80. The lowest BCUT2D eigenvalue weighted by atomic mass is 10.1. The number of carbonyl (C=O) groups is 1. The van der Waals surface area contributed by atoms with Crippen molar-refractivity contribution in [2.75, 3.05) is 0 Å². The third kappa shape index (κ3) is 4.27. The van der Waals surface area contributed by atoms with Gasteiger partial charge in [0.1, 0.15) is 5.69 Å². The second-order valence-electron chi connectivity index (χ2n) is 5.90. The Bertz CT molecular complexity index is 685. The average Bonchev–Trinajstić information content (AvgIpc) is 2.40. The van der Waals surface area contributed by atoms with Crippen molar-refractivity contribution < 1.29 is 4.79 Å². The van der Waals surface area contributed by atoms with Gasteiger partial charge in [-0.15, -0.1) is 0 Å². The quantitative estimate of drug-likeness (QED) is 0.935. The number of benzene rings is 1. The van der Waals surface area contributed by atoms with Crippen molar-refractivity contribution in [1.82, 2.24) is 15.1 Å². The van der Waals surface area contributed by atoms with E-state index in [1.165, 1.54) is 16.8 Å². The predicted octanol–water partition coefficient (Wildman–Crippen LogP) is 1.82. The van der Waals surface area contributed by atoms with Crippen LogP contribution in [0.4, 0.5) is 0 Å². The van der Waals surface area contributed by atoms with Crippen LogP contribution < -0.4 is 10.9 Å². The summed E-state index contributed by atoms with van der Waals surface area (Å²) in [6.45, 7) is 6.02. The molecule has 5 nitrogen and oxygen atoms in total. The van der Waals surface area contributed by atoms with E-state index in [2.05, 4.69) is 10.4 Å². The first kappa shape index (κ1) is 15.0. The molecule has 1 N–H and O–H groups in total. The van der Waals surface area contributed by atoms with Crippen molar-refractivity contribution in [2.24, 2.45) is 0 Å². The second-order valence-corrected chi connectivity index (χ2v) is 5.90. The zero-order valence-electron chi connectivity index (χ0n) is 12.5. The molecule has 0 fully saturated rings. The fourth-order valence-electron chi connectivity index (χ4n) is 1.84. The molecule has 0 aliphatic rings. The average molecular weight is 285 g/mol. The fraction of sp³-hybridized carbons (Fsp3) is 0.312. The molecule has 0 radical (unpaired) electrons. The number of carbonyl (C=O) groups excluding carboxylic acids is 1. The van der Waals surface area contributed by atoms with Crippen molar-refractivity contribution in [3.8, 4) is 0 Å². The number of nitrogens with zero attached hydrogens (tertiary/aromatic N) is 2.